The van der Waals surface area contributed by atoms with Crippen molar-refractivity contribution in [3.05, 3.63) is 60.2 Å². The van der Waals surface area contributed by atoms with Crippen molar-refractivity contribution in [2.24, 2.45) is 0 Å². The lowest BCUT2D eigenvalue weighted by Crippen LogP contribution is -2.34. The van der Waals surface area contributed by atoms with Gasteiger partial charge < -0.3 is 15.7 Å². The summed E-state index contributed by atoms with van der Waals surface area (Å²) in [4.78, 5) is 13.1. The zero-order valence-corrected chi connectivity index (χ0v) is 12.6. The maximum Gasteiger partial charge on any atom is 0.319 e. The average molecular weight is 302 g/mol. The number of thioether (sulfide) groups is 1. The summed E-state index contributed by atoms with van der Waals surface area (Å²) in [6.07, 6.45) is 2.00. The Morgan fingerprint density at radius 3 is 2.38 bits per heavy atom. The molecule has 1 atom stereocenters. The highest BCUT2D eigenvalue weighted by Gasteiger charge is 2.13. The molecular formula is C16H18N2O2S. The summed E-state index contributed by atoms with van der Waals surface area (Å²) in [7, 11) is 0. The van der Waals surface area contributed by atoms with Gasteiger partial charge in [-0.05, 0) is 36.1 Å². The number of hydrogen-bond donors (Lipinski definition) is 3. The molecule has 2 amide bonds. The van der Waals surface area contributed by atoms with Gasteiger partial charge in [-0.3, -0.25) is 0 Å². The fraction of sp³-hybridized carbons (Fsp3) is 0.188. The van der Waals surface area contributed by atoms with E-state index in [4.69, 9.17) is 0 Å². The lowest BCUT2D eigenvalue weighted by molar-refractivity contribution is 0.225. The molecule has 0 bridgehead atoms. The monoisotopic (exact) mass is 302 g/mol. The molecule has 0 fully saturated rings. The Morgan fingerprint density at radius 2 is 1.81 bits per heavy atom. The third kappa shape index (κ3) is 4.51. The molecule has 0 aliphatic heterocycles. The zero-order valence-electron chi connectivity index (χ0n) is 11.7. The number of amides is 2. The van der Waals surface area contributed by atoms with Crippen molar-refractivity contribution in [2.45, 2.75) is 10.9 Å². The van der Waals surface area contributed by atoms with Gasteiger partial charge in [-0.25, -0.2) is 4.79 Å². The van der Waals surface area contributed by atoms with Gasteiger partial charge in [0.2, 0.25) is 0 Å². The van der Waals surface area contributed by atoms with Crippen LogP contribution in [0.1, 0.15) is 11.6 Å². The van der Waals surface area contributed by atoms with Gasteiger partial charge in [-0.1, -0.05) is 30.3 Å². The minimum atomic E-state index is -0.420. The van der Waals surface area contributed by atoms with Gasteiger partial charge in [0.15, 0.2) is 0 Å². The number of carbonyl (C=O) groups excluding carboxylic acids is 1. The standard InChI is InChI=1S/C16H18N2O2S/c1-21-14-9-7-13(8-10-14)17-16(20)18-15(11-19)12-5-3-2-4-6-12/h2-10,15,19H,11H2,1H3,(H2,17,18,20). The molecule has 2 aromatic rings. The predicted octanol–water partition coefficient (Wildman–Crippen LogP) is 3.26. The van der Waals surface area contributed by atoms with E-state index in [0.29, 0.717) is 0 Å². The van der Waals surface area contributed by atoms with E-state index >= 15 is 0 Å². The van der Waals surface area contributed by atoms with E-state index in [9.17, 15) is 9.90 Å². The molecule has 0 aromatic heterocycles. The maximum atomic E-state index is 12.0. The van der Waals surface area contributed by atoms with Crippen LogP contribution in [-0.4, -0.2) is 24.0 Å². The molecule has 0 radical (unpaired) electrons. The number of urea groups is 1. The van der Waals surface area contributed by atoms with E-state index in [1.165, 1.54) is 0 Å². The van der Waals surface area contributed by atoms with Crippen molar-refractivity contribution in [1.29, 1.82) is 0 Å². The van der Waals surface area contributed by atoms with E-state index in [1.54, 1.807) is 11.8 Å². The molecule has 110 valence electrons. The molecular weight excluding hydrogens is 284 g/mol. The molecule has 5 heteroatoms. The van der Waals surface area contributed by atoms with E-state index in [-0.39, 0.29) is 12.6 Å². The molecule has 0 saturated carbocycles. The second-order valence-electron chi connectivity index (χ2n) is 4.47. The third-order valence-electron chi connectivity index (χ3n) is 3.04. The van der Waals surface area contributed by atoms with Crippen molar-refractivity contribution < 1.29 is 9.90 Å². The van der Waals surface area contributed by atoms with Crippen LogP contribution in [0.25, 0.3) is 0 Å². The molecule has 21 heavy (non-hydrogen) atoms. The van der Waals surface area contributed by atoms with Crippen LogP contribution in [0.5, 0.6) is 0 Å². The molecule has 0 saturated heterocycles. The number of rotatable bonds is 5. The summed E-state index contributed by atoms with van der Waals surface area (Å²) in [5.74, 6) is 0. The maximum absolute atomic E-state index is 12.0. The normalized spacial score (nSPS) is 11.7. The van der Waals surface area contributed by atoms with Crippen molar-refractivity contribution in [1.82, 2.24) is 5.32 Å². The van der Waals surface area contributed by atoms with Crippen molar-refractivity contribution in [3.63, 3.8) is 0 Å². The number of benzene rings is 2. The molecule has 1 unspecified atom stereocenters. The molecule has 0 aliphatic rings. The van der Waals surface area contributed by atoms with Crippen LogP contribution >= 0.6 is 11.8 Å². The Labute approximate surface area is 128 Å². The molecule has 0 heterocycles. The molecule has 3 N–H and O–H groups in total. The quantitative estimate of drug-likeness (QED) is 0.743. The highest BCUT2D eigenvalue weighted by molar-refractivity contribution is 7.98. The number of aliphatic hydroxyl groups excluding tert-OH is 1. The number of carbonyl (C=O) groups is 1. The number of hydrogen-bond acceptors (Lipinski definition) is 3. The SMILES string of the molecule is CSc1ccc(NC(=O)NC(CO)c2ccccc2)cc1. The topological polar surface area (TPSA) is 61.4 Å². The first-order valence-electron chi connectivity index (χ1n) is 6.60. The summed E-state index contributed by atoms with van der Waals surface area (Å²) in [6, 6.07) is 16.2. The predicted molar refractivity (Wildman–Crippen MR) is 86.6 cm³/mol. The summed E-state index contributed by atoms with van der Waals surface area (Å²) in [6.45, 7) is -0.150. The number of anilines is 1. The molecule has 0 spiro atoms. The zero-order chi connectivity index (χ0) is 15.1. The molecule has 4 nitrogen and oxygen atoms in total. The summed E-state index contributed by atoms with van der Waals surface area (Å²) >= 11 is 1.65. The second-order valence-corrected chi connectivity index (χ2v) is 5.35. The van der Waals surface area contributed by atoms with Crippen LogP contribution in [0.3, 0.4) is 0 Å². The molecule has 0 aliphatic carbocycles. The van der Waals surface area contributed by atoms with Crippen molar-refractivity contribution >= 4 is 23.5 Å². The number of nitrogens with one attached hydrogen (secondary N) is 2. The van der Waals surface area contributed by atoms with E-state index < -0.39 is 6.04 Å². The van der Waals surface area contributed by atoms with Gasteiger partial charge in [-0.2, -0.15) is 0 Å². The fourth-order valence-electron chi connectivity index (χ4n) is 1.92. The Kier molecular flexibility index (Phi) is 5.66. The minimum Gasteiger partial charge on any atom is -0.394 e. The first-order chi connectivity index (χ1) is 10.2. The van der Waals surface area contributed by atoms with E-state index in [0.717, 1.165) is 16.1 Å². The van der Waals surface area contributed by atoms with Crippen molar-refractivity contribution in [2.75, 3.05) is 18.2 Å². The molecule has 2 rings (SSSR count). The first kappa shape index (κ1) is 15.4. The lowest BCUT2D eigenvalue weighted by atomic mass is 10.1. The van der Waals surface area contributed by atoms with Gasteiger partial charge in [-0.15, -0.1) is 11.8 Å². The second kappa shape index (κ2) is 7.71. The summed E-state index contributed by atoms with van der Waals surface area (Å²) in [5, 5.41) is 14.9. The largest absolute Gasteiger partial charge is 0.394 e. The Balaban J connectivity index is 1.96. The van der Waals surface area contributed by atoms with Crippen LogP contribution in [-0.2, 0) is 0 Å². The smallest absolute Gasteiger partial charge is 0.319 e. The van der Waals surface area contributed by atoms with Crippen molar-refractivity contribution in [3.8, 4) is 0 Å². The van der Waals surface area contributed by atoms with E-state index in [1.807, 2.05) is 60.9 Å². The Hall–Kier alpha value is -1.98. The molecule has 2 aromatic carbocycles. The van der Waals surface area contributed by atoms with E-state index in [2.05, 4.69) is 10.6 Å². The highest BCUT2D eigenvalue weighted by atomic mass is 32.2. The van der Waals surface area contributed by atoms with Crippen LogP contribution in [0.15, 0.2) is 59.5 Å². The van der Waals surface area contributed by atoms with Crippen LogP contribution < -0.4 is 10.6 Å². The van der Waals surface area contributed by atoms with Gasteiger partial charge in [0, 0.05) is 10.6 Å². The Bertz CT molecular complexity index is 573. The van der Waals surface area contributed by atoms with Gasteiger partial charge in [0.25, 0.3) is 0 Å². The van der Waals surface area contributed by atoms with Crippen LogP contribution in [0.4, 0.5) is 10.5 Å². The first-order valence-corrected chi connectivity index (χ1v) is 7.83. The number of aliphatic hydroxyl groups is 1. The minimum absolute atomic E-state index is 0.150. The lowest BCUT2D eigenvalue weighted by Gasteiger charge is -2.17. The van der Waals surface area contributed by atoms with Gasteiger partial charge in [0.05, 0.1) is 12.6 Å². The summed E-state index contributed by atoms with van der Waals surface area (Å²) < 4.78 is 0. The average Bonchev–Trinajstić information content (AvgIpc) is 2.54. The van der Waals surface area contributed by atoms with Gasteiger partial charge >= 0.3 is 6.03 Å². The highest BCUT2D eigenvalue weighted by Crippen LogP contribution is 2.18. The third-order valence-corrected chi connectivity index (χ3v) is 3.78. The fourth-order valence-corrected chi connectivity index (χ4v) is 2.33. The van der Waals surface area contributed by atoms with Gasteiger partial charge in [0.1, 0.15) is 0 Å². The Morgan fingerprint density at radius 1 is 1.14 bits per heavy atom. The van der Waals surface area contributed by atoms with Crippen LogP contribution in [0, 0.1) is 0 Å². The van der Waals surface area contributed by atoms with Crippen LogP contribution in [0.2, 0.25) is 0 Å². The summed E-state index contributed by atoms with van der Waals surface area (Å²) in [5.41, 5.74) is 1.59.